The third-order valence-electron chi connectivity index (χ3n) is 2.81. The smallest absolute Gasteiger partial charge is 0.0911 e. The van der Waals surface area contributed by atoms with Gasteiger partial charge in [-0.15, -0.1) is 0 Å². The van der Waals surface area contributed by atoms with Gasteiger partial charge < -0.3 is 10.6 Å². The second-order valence-corrected chi connectivity index (χ2v) is 5.42. The van der Waals surface area contributed by atoms with Crippen molar-refractivity contribution in [2.75, 3.05) is 32.1 Å². The second kappa shape index (κ2) is 5.03. The maximum atomic E-state index is 7.33. The quantitative estimate of drug-likeness (QED) is 0.498. The van der Waals surface area contributed by atoms with E-state index >= 15 is 0 Å². The number of nitrogens with zero attached hydrogens (tertiary/aromatic N) is 1. The molecule has 1 aliphatic rings. The summed E-state index contributed by atoms with van der Waals surface area (Å²) >= 11 is 1.88. The molecule has 4 heteroatoms. The molecule has 0 unspecified atom stereocenters. The van der Waals surface area contributed by atoms with Crippen molar-refractivity contribution in [3.05, 3.63) is 0 Å². The molecule has 1 aliphatic carbocycles. The summed E-state index contributed by atoms with van der Waals surface area (Å²) < 4.78 is 0. The van der Waals surface area contributed by atoms with Crippen molar-refractivity contribution in [2.45, 2.75) is 19.3 Å². The second-order valence-electron chi connectivity index (χ2n) is 4.43. The summed E-state index contributed by atoms with van der Waals surface area (Å²) in [5, 5.41) is 7.33. The Balaban J connectivity index is 2.25. The largest absolute Gasteiger partial charge is 0.388 e. The first kappa shape index (κ1) is 11.9. The fourth-order valence-electron chi connectivity index (χ4n) is 1.87. The minimum Gasteiger partial charge on any atom is -0.388 e. The lowest BCUT2D eigenvalue weighted by molar-refractivity contribution is 0.280. The van der Waals surface area contributed by atoms with Crippen LogP contribution in [0.4, 0.5) is 0 Å². The summed E-state index contributed by atoms with van der Waals surface area (Å²) in [4.78, 5) is 2.37. The van der Waals surface area contributed by atoms with Crippen molar-refractivity contribution in [2.24, 2.45) is 11.1 Å². The Hall–Kier alpha value is -0.220. The molecule has 0 heterocycles. The van der Waals surface area contributed by atoms with Crippen molar-refractivity contribution in [1.82, 2.24) is 4.90 Å². The number of amidine groups is 1. The first-order valence-electron chi connectivity index (χ1n) is 5.08. The molecule has 82 valence electrons. The van der Waals surface area contributed by atoms with Gasteiger partial charge in [0, 0.05) is 25.3 Å². The van der Waals surface area contributed by atoms with Crippen molar-refractivity contribution >= 4 is 17.6 Å². The molecule has 0 aliphatic heterocycles. The molecule has 0 aromatic rings. The standard InChI is InChI=1S/C10H21N3S/c1-13(5-6-14-2)8-10(3-4-10)7-9(11)12/h3-8H2,1-2H3,(H3,11,12). The minimum absolute atomic E-state index is 0.348. The topological polar surface area (TPSA) is 53.1 Å². The fourth-order valence-corrected chi connectivity index (χ4v) is 2.36. The zero-order valence-corrected chi connectivity index (χ0v) is 9.99. The van der Waals surface area contributed by atoms with E-state index in [1.54, 1.807) is 0 Å². The highest BCUT2D eigenvalue weighted by Crippen LogP contribution is 2.49. The predicted octanol–water partition coefficient (Wildman–Crippen LogP) is 1.39. The van der Waals surface area contributed by atoms with Gasteiger partial charge in [-0.25, -0.2) is 0 Å². The van der Waals surface area contributed by atoms with Gasteiger partial charge in [0.1, 0.15) is 0 Å². The summed E-state index contributed by atoms with van der Waals surface area (Å²) in [6.45, 7) is 2.24. The van der Waals surface area contributed by atoms with E-state index in [-0.39, 0.29) is 0 Å². The molecule has 0 saturated heterocycles. The number of nitrogens with one attached hydrogen (secondary N) is 1. The molecular weight excluding hydrogens is 194 g/mol. The summed E-state index contributed by atoms with van der Waals surface area (Å²) in [5.41, 5.74) is 5.82. The number of hydrogen-bond donors (Lipinski definition) is 2. The zero-order chi connectivity index (χ0) is 10.6. The van der Waals surface area contributed by atoms with E-state index in [0.717, 1.165) is 19.5 Å². The molecule has 1 rings (SSSR count). The van der Waals surface area contributed by atoms with Gasteiger partial charge in [0.25, 0.3) is 0 Å². The first-order valence-corrected chi connectivity index (χ1v) is 6.48. The molecule has 3 nitrogen and oxygen atoms in total. The highest BCUT2D eigenvalue weighted by molar-refractivity contribution is 7.98. The summed E-state index contributed by atoms with van der Waals surface area (Å²) in [5.74, 6) is 1.54. The first-order chi connectivity index (χ1) is 6.58. The Labute approximate surface area is 90.9 Å². The normalized spacial score (nSPS) is 18.5. The van der Waals surface area contributed by atoms with Gasteiger partial charge in [-0.2, -0.15) is 11.8 Å². The maximum Gasteiger partial charge on any atom is 0.0911 e. The van der Waals surface area contributed by atoms with Gasteiger partial charge >= 0.3 is 0 Å². The molecule has 0 aromatic carbocycles. The lowest BCUT2D eigenvalue weighted by atomic mass is 10.0. The van der Waals surface area contributed by atoms with Gasteiger partial charge in [-0.05, 0) is 31.6 Å². The number of rotatable bonds is 7. The molecule has 14 heavy (non-hydrogen) atoms. The van der Waals surface area contributed by atoms with E-state index in [1.165, 1.54) is 18.6 Å². The molecule has 3 N–H and O–H groups in total. The van der Waals surface area contributed by atoms with Crippen LogP contribution in [0.25, 0.3) is 0 Å². The lowest BCUT2D eigenvalue weighted by Crippen LogP contribution is -2.31. The van der Waals surface area contributed by atoms with Crippen molar-refractivity contribution < 1.29 is 0 Å². The Morgan fingerprint density at radius 1 is 1.57 bits per heavy atom. The molecule has 0 bridgehead atoms. The van der Waals surface area contributed by atoms with Crippen LogP contribution < -0.4 is 5.73 Å². The van der Waals surface area contributed by atoms with Crippen LogP contribution >= 0.6 is 11.8 Å². The Bertz CT molecular complexity index is 202. The molecule has 0 amide bonds. The number of thioether (sulfide) groups is 1. The molecule has 1 saturated carbocycles. The molecule has 0 spiro atoms. The SMILES string of the molecule is CSCCN(C)CC1(CC(=N)N)CC1. The average Bonchev–Trinajstić information content (AvgIpc) is 2.80. The van der Waals surface area contributed by atoms with Gasteiger partial charge in [0.05, 0.1) is 5.84 Å². The van der Waals surface area contributed by atoms with Crippen molar-refractivity contribution in [1.29, 1.82) is 5.41 Å². The van der Waals surface area contributed by atoms with E-state index in [9.17, 15) is 0 Å². The fraction of sp³-hybridized carbons (Fsp3) is 0.900. The van der Waals surface area contributed by atoms with E-state index in [0.29, 0.717) is 11.3 Å². The molecule has 0 atom stereocenters. The Morgan fingerprint density at radius 2 is 2.21 bits per heavy atom. The number of hydrogen-bond acceptors (Lipinski definition) is 3. The summed E-state index contributed by atoms with van der Waals surface area (Å²) in [6.07, 6.45) is 5.42. The summed E-state index contributed by atoms with van der Waals surface area (Å²) in [7, 11) is 2.16. The Morgan fingerprint density at radius 3 is 2.64 bits per heavy atom. The van der Waals surface area contributed by atoms with Crippen LogP contribution in [-0.4, -0.2) is 42.9 Å². The van der Waals surface area contributed by atoms with Crippen molar-refractivity contribution in [3.63, 3.8) is 0 Å². The molecule has 1 fully saturated rings. The highest BCUT2D eigenvalue weighted by Gasteiger charge is 2.43. The Kier molecular flexibility index (Phi) is 4.26. The van der Waals surface area contributed by atoms with Crippen LogP contribution in [-0.2, 0) is 0 Å². The monoisotopic (exact) mass is 215 g/mol. The summed E-state index contributed by atoms with van der Waals surface area (Å²) in [6, 6.07) is 0. The highest BCUT2D eigenvalue weighted by atomic mass is 32.2. The third-order valence-corrected chi connectivity index (χ3v) is 3.40. The van der Waals surface area contributed by atoms with E-state index in [1.807, 2.05) is 11.8 Å². The van der Waals surface area contributed by atoms with E-state index < -0.39 is 0 Å². The number of nitrogens with two attached hydrogens (primary N) is 1. The van der Waals surface area contributed by atoms with Gasteiger partial charge in [-0.3, -0.25) is 5.41 Å². The van der Waals surface area contributed by atoms with E-state index in [4.69, 9.17) is 11.1 Å². The van der Waals surface area contributed by atoms with Gasteiger partial charge in [0.2, 0.25) is 0 Å². The van der Waals surface area contributed by atoms with Crippen LogP contribution in [0.15, 0.2) is 0 Å². The predicted molar refractivity (Wildman–Crippen MR) is 64.1 cm³/mol. The zero-order valence-electron chi connectivity index (χ0n) is 9.18. The van der Waals surface area contributed by atoms with Gasteiger partial charge in [0.15, 0.2) is 0 Å². The molecular formula is C10H21N3S. The molecule has 0 aromatic heterocycles. The lowest BCUT2D eigenvalue weighted by Gasteiger charge is -2.22. The van der Waals surface area contributed by atoms with E-state index in [2.05, 4.69) is 18.2 Å². The maximum absolute atomic E-state index is 7.33. The van der Waals surface area contributed by atoms with Crippen molar-refractivity contribution in [3.8, 4) is 0 Å². The van der Waals surface area contributed by atoms with Crippen LogP contribution in [0.3, 0.4) is 0 Å². The van der Waals surface area contributed by atoms with Gasteiger partial charge in [-0.1, -0.05) is 0 Å². The molecule has 0 radical (unpaired) electrons. The van der Waals surface area contributed by atoms with Crippen LogP contribution in [0.2, 0.25) is 0 Å². The minimum atomic E-state index is 0.348. The average molecular weight is 215 g/mol. The van der Waals surface area contributed by atoms with Crippen LogP contribution in [0.5, 0.6) is 0 Å². The van der Waals surface area contributed by atoms with Crippen LogP contribution in [0.1, 0.15) is 19.3 Å². The van der Waals surface area contributed by atoms with Crippen LogP contribution in [0, 0.1) is 10.8 Å². The third kappa shape index (κ3) is 3.88.